The van der Waals surface area contributed by atoms with E-state index in [2.05, 4.69) is 60.2 Å². The zero-order chi connectivity index (χ0) is 15.0. The summed E-state index contributed by atoms with van der Waals surface area (Å²) >= 11 is 9.10. The van der Waals surface area contributed by atoms with Crippen LogP contribution in [0.1, 0.15) is 16.0 Å². The molecule has 3 rings (SSSR count). The fourth-order valence-corrected chi connectivity index (χ4v) is 4.76. The molecule has 21 heavy (non-hydrogen) atoms. The normalized spacial score (nSPS) is 12.7. The fraction of sp³-hybridized carbons (Fsp3) is 0.133. The van der Waals surface area contributed by atoms with Gasteiger partial charge in [0.05, 0.1) is 15.9 Å². The average Bonchev–Trinajstić information content (AvgIpc) is 2.84. The summed E-state index contributed by atoms with van der Waals surface area (Å²) in [5, 5.41) is 0. The largest absolute Gasteiger partial charge is 0.323 e. The summed E-state index contributed by atoms with van der Waals surface area (Å²) in [6, 6.07) is 12.2. The highest BCUT2D eigenvalue weighted by Gasteiger charge is 2.18. The van der Waals surface area contributed by atoms with E-state index in [1.165, 1.54) is 10.5 Å². The van der Waals surface area contributed by atoms with Crippen molar-refractivity contribution in [2.24, 2.45) is 0 Å². The minimum Gasteiger partial charge on any atom is -0.306 e. The lowest BCUT2D eigenvalue weighted by Gasteiger charge is -2.16. The molecule has 1 unspecified atom stereocenters. The summed E-state index contributed by atoms with van der Waals surface area (Å²) in [7, 11) is 0. The number of fused-ring (bicyclic) bond motifs is 1. The zero-order valence-corrected chi connectivity index (χ0v) is 15.1. The minimum atomic E-state index is -0.190. The van der Waals surface area contributed by atoms with E-state index in [0.29, 0.717) is 0 Å². The molecule has 0 amide bonds. The summed E-state index contributed by atoms with van der Waals surface area (Å²) in [4.78, 5) is 18.3. The number of hydrogen-bond donors (Lipinski definition) is 2. The molecule has 0 saturated carbocycles. The van der Waals surface area contributed by atoms with Gasteiger partial charge in [-0.05, 0) is 35.6 Å². The van der Waals surface area contributed by atoms with Gasteiger partial charge in [0.2, 0.25) is 0 Å². The van der Waals surface area contributed by atoms with Crippen molar-refractivity contribution in [1.82, 2.24) is 9.97 Å². The molecule has 3 aromatic rings. The highest BCUT2D eigenvalue weighted by molar-refractivity contribution is 9.11. The number of alkyl halides is 1. The Bertz CT molecular complexity index is 856. The molecule has 0 aliphatic carbocycles. The van der Waals surface area contributed by atoms with Crippen LogP contribution in [0.5, 0.6) is 0 Å². The van der Waals surface area contributed by atoms with Crippen LogP contribution in [0.25, 0.3) is 11.0 Å². The molecule has 1 heterocycles. The predicted octanol–water partition coefficient (Wildman–Crippen LogP) is 4.82. The van der Waals surface area contributed by atoms with Gasteiger partial charge in [-0.25, -0.2) is 4.79 Å². The quantitative estimate of drug-likeness (QED) is 0.464. The van der Waals surface area contributed by atoms with Gasteiger partial charge in [0.1, 0.15) is 0 Å². The van der Waals surface area contributed by atoms with Crippen molar-refractivity contribution in [3.63, 3.8) is 0 Å². The molecule has 1 atom stereocenters. The number of halogens is 2. The Morgan fingerprint density at radius 3 is 2.48 bits per heavy atom. The van der Waals surface area contributed by atoms with Crippen molar-refractivity contribution in [2.75, 3.05) is 6.26 Å². The molecule has 0 radical (unpaired) electrons. The summed E-state index contributed by atoms with van der Waals surface area (Å²) < 4.78 is 0.961. The Hall–Kier alpha value is -0.980. The van der Waals surface area contributed by atoms with Crippen LogP contribution in [-0.2, 0) is 0 Å². The van der Waals surface area contributed by atoms with Gasteiger partial charge in [-0.3, -0.25) is 0 Å². The molecule has 0 bridgehead atoms. The fourth-order valence-electron chi connectivity index (χ4n) is 2.31. The van der Waals surface area contributed by atoms with Crippen LogP contribution >= 0.6 is 43.6 Å². The third-order valence-corrected chi connectivity index (χ3v) is 5.80. The second kappa shape index (κ2) is 6.02. The molecule has 108 valence electrons. The standard InChI is InChI=1S/C15H12Br2N2OS/c1-21-13-5-3-2-4-8(13)14(17)9-6-11-12(7-10(9)16)19-15(20)18-11/h2-7,14H,1H3,(H2,18,19,20). The van der Waals surface area contributed by atoms with E-state index in [1.807, 2.05) is 24.3 Å². The number of imidazole rings is 1. The highest BCUT2D eigenvalue weighted by atomic mass is 79.9. The molecule has 0 spiro atoms. The lowest BCUT2D eigenvalue weighted by molar-refractivity contribution is 1.11. The molecule has 3 nitrogen and oxygen atoms in total. The third kappa shape index (κ3) is 2.84. The van der Waals surface area contributed by atoms with E-state index in [1.54, 1.807) is 11.8 Å². The Balaban J connectivity index is 2.14. The first-order valence-electron chi connectivity index (χ1n) is 6.28. The second-order valence-electron chi connectivity index (χ2n) is 4.60. The maximum absolute atomic E-state index is 11.4. The van der Waals surface area contributed by atoms with Crippen molar-refractivity contribution in [1.29, 1.82) is 0 Å². The van der Waals surface area contributed by atoms with Crippen molar-refractivity contribution in [3.05, 3.63) is 62.5 Å². The summed E-state index contributed by atoms with van der Waals surface area (Å²) in [5.74, 6) is 0. The molecule has 0 aliphatic heterocycles. The van der Waals surface area contributed by atoms with Gasteiger partial charge in [0.15, 0.2) is 0 Å². The lowest BCUT2D eigenvalue weighted by Crippen LogP contribution is -1.99. The first-order chi connectivity index (χ1) is 10.1. The summed E-state index contributed by atoms with van der Waals surface area (Å²) in [5.41, 5.74) is 3.71. The van der Waals surface area contributed by atoms with Crippen LogP contribution in [0.4, 0.5) is 0 Å². The van der Waals surface area contributed by atoms with Crippen LogP contribution in [0.3, 0.4) is 0 Å². The van der Waals surface area contributed by atoms with Gasteiger partial charge in [-0.2, -0.15) is 0 Å². The van der Waals surface area contributed by atoms with Crippen LogP contribution < -0.4 is 5.69 Å². The number of hydrogen-bond acceptors (Lipinski definition) is 2. The van der Waals surface area contributed by atoms with Crippen LogP contribution in [0, 0.1) is 0 Å². The molecule has 6 heteroatoms. The van der Waals surface area contributed by atoms with Crippen LogP contribution in [0.15, 0.2) is 50.6 Å². The van der Waals surface area contributed by atoms with E-state index >= 15 is 0 Å². The van der Waals surface area contributed by atoms with E-state index < -0.39 is 0 Å². The molecule has 2 aromatic carbocycles. The number of thioether (sulfide) groups is 1. The van der Waals surface area contributed by atoms with Gasteiger partial charge in [-0.1, -0.05) is 50.1 Å². The number of aromatic amines is 2. The number of aromatic nitrogens is 2. The maximum Gasteiger partial charge on any atom is 0.323 e. The Morgan fingerprint density at radius 1 is 1.10 bits per heavy atom. The van der Waals surface area contributed by atoms with Gasteiger partial charge in [0, 0.05) is 9.37 Å². The summed E-state index contributed by atoms with van der Waals surface area (Å²) in [6.45, 7) is 0. The van der Waals surface area contributed by atoms with E-state index in [4.69, 9.17) is 0 Å². The first-order valence-corrected chi connectivity index (χ1v) is 9.22. The number of benzene rings is 2. The Labute approximate surface area is 142 Å². The topological polar surface area (TPSA) is 48.6 Å². The van der Waals surface area contributed by atoms with Crippen molar-refractivity contribution in [2.45, 2.75) is 9.72 Å². The van der Waals surface area contributed by atoms with Gasteiger partial charge in [-0.15, -0.1) is 11.8 Å². The number of rotatable bonds is 3. The monoisotopic (exact) mass is 426 g/mol. The van der Waals surface area contributed by atoms with Crippen molar-refractivity contribution >= 4 is 54.7 Å². The number of nitrogens with one attached hydrogen (secondary N) is 2. The second-order valence-corrected chi connectivity index (χ2v) is 7.22. The Morgan fingerprint density at radius 2 is 1.76 bits per heavy atom. The first kappa shape index (κ1) is 14.9. The molecular weight excluding hydrogens is 416 g/mol. The minimum absolute atomic E-state index is 0.0540. The summed E-state index contributed by atoms with van der Waals surface area (Å²) in [6.07, 6.45) is 2.07. The Kier molecular flexibility index (Phi) is 4.28. The molecule has 0 fully saturated rings. The van der Waals surface area contributed by atoms with E-state index in [0.717, 1.165) is 21.1 Å². The highest BCUT2D eigenvalue weighted by Crippen LogP contribution is 2.40. The lowest BCUT2D eigenvalue weighted by atomic mass is 10.0. The van der Waals surface area contributed by atoms with Crippen LogP contribution in [-0.4, -0.2) is 16.2 Å². The molecular formula is C15H12Br2N2OS. The average molecular weight is 428 g/mol. The van der Waals surface area contributed by atoms with E-state index in [-0.39, 0.29) is 10.5 Å². The molecule has 1 aromatic heterocycles. The van der Waals surface area contributed by atoms with Crippen molar-refractivity contribution < 1.29 is 0 Å². The molecule has 2 N–H and O–H groups in total. The molecule has 0 saturated heterocycles. The molecule has 0 aliphatic rings. The third-order valence-electron chi connectivity index (χ3n) is 3.32. The predicted molar refractivity (Wildman–Crippen MR) is 95.6 cm³/mol. The van der Waals surface area contributed by atoms with Crippen molar-refractivity contribution in [3.8, 4) is 0 Å². The van der Waals surface area contributed by atoms with Gasteiger partial charge in [0.25, 0.3) is 0 Å². The maximum atomic E-state index is 11.4. The zero-order valence-electron chi connectivity index (χ0n) is 11.1. The smallest absolute Gasteiger partial charge is 0.306 e. The van der Waals surface area contributed by atoms with E-state index in [9.17, 15) is 4.79 Å². The van der Waals surface area contributed by atoms with Crippen LogP contribution in [0.2, 0.25) is 0 Å². The number of H-pyrrole nitrogens is 2. The van der Waals surface area contributed by atoms with Gasteiger partial charge < -0.3 is 9.97 Å². The van der Waals surface area contributed by atoms with Gasteiger partial charge >= 0.3 is 5.69 Å². The SMILES string of the molecule is CSc1ccccc1C(Br)c1cc2[nH]c(=O)[nH]c2cc1Br.